The molecule has 0 atom stereocenters. The van der Waals surface area contributed by atoms with Gasteiger partial charge in [-0.1, -0.05) is 6.42 Å². The molecule has 0 radical (unpaired) electrons. The van der Waals surface area contributed by atoms with Gasteiger partial charge in [-0.25, -0.2) is 0 Å². The fourth-order valence-corrected chi connectivity index (χ4v) is 1.30. The van der Waals surface area contributed by atoms with E-state index in [9.17, 15) is 9.59 Å². The minimum Gasteiger partial charge on any atom is -0.356 e. The molecule has 0 heterocycles. The van der Waals surface area contributed by atoms with E-state index in [0.29, 0.717) is 25.1 Å². The van der Waals surface area contributed by atoms with E-state index < -0.39 is 0 Å². The van der Waals surface area contributed by atoms with Crippen LogP contribution < -0.4 is 5.32 Å². The molecule has 3 nitrogen and oxygen atoms in total. The zero-order valence-corrected chi connectivity index (χ0v) is 9.61. The third-order valence-corrected chi connectivity index (χ3v) is 2.09. The van der Waals surface area contributed by atoms with Crippen LogP contribution in [0.25, 0.3) is 0 Å². The summed E-state index contributed by atoms with van der Waals surface area (Å²) in [6, 6.07) is 0. The second-order valence-corrected chi connectivity index (χ2v) is 3.78. The number of nitrogens with one attached hydrogen (secondary N) is 1. The Morgan fingerprint density at radius 1 is 1.14 bits per heavy atom. The average molecular weight is 217 g/mol. The summed E-state index contributed by atoms with van der Waals surface area (Å²) in [6.07, 6.45) is 4.02. The fraction of sp³-hybridized carbons (Fsp3) is 0.800. The SMILES string of the molecule is CC(=O)CCCCCNC(=O)CCS. The third-order valence-electron chi connectivity index (χ3n) is 1.87. The van der Waals surface area contributed by atoms with Crippen molar-refractivity contribution >= 4 is 24.3 Å². The number of thiol groups is 1. The van der Waals surface area contributed by atoms with E-state index in [2.05, 4.69) is 17.9 Å². The van der Waals surface area contributed by atoms with Gasteiger partial charge in [-0.05, 0) is 25.5 Å². The van der Waals surface area contributed by atoms with Crippen molar-refractivity contribution in [2.45, 2.75) is 39.0 Å². The number of ketones is 1. The molecule has 14 heavy (non-hydrogen) atoms. The van der Waals surface area contributed by atoms with Gasteiger partial charge >= 0.3 is 0 Å². The number of amides is 1. The number of rotatable bonds is 8. The normalized spacial score (nSPS) is 9.86. The summed E-state index contributed by atoms with van der Waals surface area (Å²) in [7, 11) is 0. The summed E-state index contributed by atoms with van der Waals surface area (Å²) in [5.41, 5.74) is 0. The Bertz CT molecular complexity index is 183. The molecule has 0 spiro atoms. The van der Waals surface area contributed by atoms with Gasteiger partial charge in [0.15, 0.2) is 0 Å². The van der Waals surface area contributed by atoms with Crippen LogP contribution in [0.2, 0.25) is 0 Å². The number of unbranched alkanes of at least 4 members (excludes halogenated alkanes) is 2. The Hall–Kier alpha value is -0.510. The molecule has 0 aromatic carbocycles. The lowest BCUT2D eigenvalue weighted by Crippen LogP contribution is -2.24. The van der Waals surface area contributed by atoms with Crippen LogP contribution in [-0.2, 0) is 9.59 Å². The standard InChI is InChI=1S/C10H19NO2S/c1-9(12)5-3-2-4-7-11-10(13)6-8-14/h14H,2-8H2,1H3,(H,11,13). The number of carbonyl (C=O) groups is 2. The predicted octanol–water partition coefficient (Wildman–Crippen LogP) is 1.57. The molecule has 0 aliphatic heterocycles. The van der Waals surface area contributed by atoms with Crippen LogP contribution >= 0.6 is 12.6 Å². The number of hydrogen-bond donors (Lipinski definition) is 2. The van der Waals surface area contributed by atoms with Crippen LogP contribution in [0.3, 0.4) is 0 Å². The largest absolute Gasteiger partial charge is 0.356 e. The van der Waals surface area contributed by atoms with Crippen LogP contribution in [0.4, 0.5) is 0 Å². The quantitative estimate of drug-likeness (QED) is 0.479. The first-order valence-corrected chi connectivity index (χ1v) is 5.67. The van der Waals surface area contributed by atoms with Gasteiger partial charge < -0.3 is 10.1 Å². The molecule has 0 rings (SSSR count). The highest BCUT2D eigenvalue weighted by molar-refractivity contribution is 7.80. The average Bonchev–Trinajstić information content (AvgIpc) is 2.11. The summed E-state index contributed by atoms with van der Waals surface area (Å²) in [5, 5.41) is 2.80. The summed E-state index contributed by atoms with van der Waals surface area (Å²) < 4.78 is 0. The van der Waals surface area contributed by atoms with Gasteiger partial charge in [-0.2, -0.15) is 12.6 Å². The van der Waals surface area contributed by atoms with Gasteiger partial charge in [-0.3, -0.25) is 4.79 Å². The molecule has 1 N–H and O–H groups in total. The van der Waals surface area contributed by atoms with Crippen molar-refractivity contribution in [1.29, 1.82) is 0 Å². The van der Waals surface area contributed by atoms with Crippen molar-refractivity contribution in [1.82, 2.24) is 5.32 Å². The van der Waals surface area contributed by atoms with Crippen molar-refractivity contribution in [2.75, 3.05) is 12.3 Å². The number of hydrogen-bond acceptors (Lipinski definition) is 3. The lowest BCUT2D eigenvalue weighted by molar-refractivity contribution is -0.120. The Balaban J connectivity index is 3.13. The van der Waals surface area contributed by atoms with Gasteiger partial charge in [0, 0.05) is 19.4 Å². The summed E-state index contributed by atoms with van der Waals surface area (Å²) >= 11 is 3.96. The predicted molar refractivity (Wildman–Crippen MR) is 60.6 cm³/mol. The van der Waals surface area contributed by atoms with Crippen LogP contribution in [0.1, 0.15) is 39.0 Å². The van der Waals surface area contributed by atoms with E-state index >= 15 is 0 Å². The van der Waals surface area contributed by atoms with E-state index in [4.69, 9.17) is 0 Å². The Kier molecular flexibility index (Phi) is 8.73. The van der Waals surface area contributed by atoms with Crippen molar-refractivity contribution in [2.24, 2.45) is 0 Å². The fourth-order valence-electron chi connectivity index (χ4n) is 1.09. The maximum atomic E-state index is 11.0. The highest BCUT2D eigenvalue weighted by Gasteiger charge is 1.98. The van der Waals surface area contributed by atoms with Crippen molar-refractivity contribution in [3.63, 3.8) is 0 Å². The van der Waals surface area contributed by atoms with Gasteiger partial charge in [0.1, 0.15) is 5.78 Å². The zero-order chi connectivity index (χ0) is 10.8. The maximum Gasteiger partial charge on any atom is 0.220 e. The Labute approximate surface area is 91.1 Å². The van der Waals surface area contributed by atoms with Crippen LogP contribution in [0, 0.1) is 0 Å². The van der Waals surface area contributed by atoms with Gasteiger partial charge in [0.2, 0.25) is 5.91 Å². The molecule has 1 amide bonds. The van der Waals surface area contributed by atoms with Crippen molar-refractivity contribution in [3.05, 3.63) is 0 Å². The van der Waals surface area contributed by atoms with E-state index in [1.807, 2.05) is 0 Å². The van der Waals surface area contributed by atoms with E-state index in [1.165, 1.54) is 0 Å². The number of carbonyl (C=O) groups excluding carboxylic acids is 2. The maximum absolute atomic E-state index is 11.0. The minimum atomic E-state index is 0.0616. The second-order valence-electron chi connectivity index (χ2n) is 3.34. The molecule has 0 aliphatic carbocycles. The van der Waals surface area contributed by atoms with Crippen molar-refractivity contribution < 1.29 is 9.59 Å². The van der Waals surface area contributed by atoms with E-state index in [1.54, 1.807) is 6.92 Å². The summed E-state index contributed by atoms with van der Waals surface area (Å²) in [6.45, 7) is 2.32. The van der Waals surface area contributed by atoms with Gasteiger partial charge in [0.05, 0.1) is 0 Å². The highest BCUT2D eigenvalue weighted by atomic mass is 32.1. The van der Waals surface area contributed by atoms with E-state index in [0.717, 1.165) is 19.3 Å². The molecular formula is C10H19NO2S. The summed E-state index contributed by atoms with van der Waals surface area (Å²) in [5.74, 6) is 0.895. The van der Waals surface area contributed by atoms with Crippen molar-refractivity contribution in [3.8, 4) is 0 Å². The first-order valence-electron chi connectivity index (χ1n) is 5.04. The Morgan fingerprint density at radius 3 is 2.43 bits per heavy atom. The van der Waals surface area contributed by atoms with Crippen LogP contribution in [0.5, 0.6) is 0 Å². The third kappa shape index (κ3) is 9.58. The molecular weight excluding hydrogens is 198 g/mol. The van der Waals surface area contributed by atoms with Crippen LogP contribution in [0.15, 0.2) is 0 Å². The monoisotopic (exact) mass is 217 g/mol. The first kappa shape index (κ1) is 13.5. The Morgan fingerprint density at radius 2 is 1.86 bits per heavy atom. The number of Topliss-reactive ketones (excluding diaryl/α,β-unsaturated/α-hetero) is 1. The smallest absolute Gasteiger partial charge is 0.220 e. The van der Waals surface area contributed by atoms with Gasteiger partial charge in [0.25, 0.3) is 0 Å². The van der Waals surface area contributed by atoms with Gasteiger partial charge in [-0.15, -0.1) is 0 Å². The summed E-state index contributed by atoms with van der Waals surface area (Å²) in [4.78, 5) is 21.6. The zero-order valence-electron chi connectivity index (χ0n) is 8.71. The first-order chi connectivity index (χ1) is 6.66. The molecule has 0 bridgehead atoms. The molecule has 0 aliphatic rings. The molecule has 0 fully saturated rings. The van der Waals surface area contributed by atoms with E-state index in [-0.39, 0.29) is 11.7 Å². The molecule has 0 aromatic rings. The second kappa shape index (κ2) is 9.06. The lowest BCUT2D eigenvalue weighted by atomic mass is 10.1. The molecule has 0 saturated heterocycles. The molecule has 0 aromatic heterocycles. The highest BCUT2D eigenvalue weighted by Crippen LogP contribution is 1.99. The molecule has 0 saturated carbocycles. The lowest BCUT2D eigenvalue weighted by Gasteiger charge is -2.03. The van der Waals surface area contributed by atoms with Crippen LogP contribution in [-0.4, -0.2) is 24.0 Å². The molecule has 4 heteroatoms. The molecule has 82 valence electrons. The minimum absolute atomic E-state index is 0.0616. The molecule has 0 unspecified atom stereocenters. The topological polar surface area (TPSA) is 46.2 Å².